The molecule has 3 aromatic rings. The minimum absolute atomic E-state index is 0.0358. The fourth-order valence-corrected chi connectivity index (χ4v) is 4.35. The molecule has 1 aromatic heterocycles. The predicted octanol–water partition coefficient (Wildman–Crippen LogP) is 5.78. The van der Waals surface area contributed by atoms with E-state index in [2.05, 4.69) is 24.4 Å². The van der Waals surface area contributed by atoms with Crippen molar-refractivity contribution < 1.29 is 9.59 Å². The SMILES string of the molecule is Cc1ccc(CN(Cc2ccccc2)C(=O)CN(CC(C)C)C(=O)Nc2ccccc2)s1. The van der Waals surface area contributed by atoms with Gasteiger partial charge >= 0.3 is 6.03 Å². The van der Waals surface area contributed by atoms with E-state index in [-0.39, 0.29) is 24.4 Å². The summed E-state index contributed by atoms with van der Waals surface area (Å²) >= 11 is 1.69. The monoisotopic (exact) mass is 449 g/mol. The van der Waals surface area contributed by atoms with Crippen LogP contribution in [0.3, 0.4) is 0 Å². The number of nitrogens with one attached hydrogen (secondary N) is 1. The zero-order valence-corrected chi connectivity index (χ0v) is 19.8. The standard InChI is InChI=1S/C26H31N3O2S/c1-20(2)16-29(26(31)27-23-12-8-5-9-13-23)19-25(30)28(17-22-10-6-4-7-11-22)18-24-15-14-21(3)32-24/h4-15,20H,16-19H2,1-3H3,(H,27,31). The third-order valence-electron chi connectivity index (χ3n) is 4.94. The van der Waals surface area contributed by atoms with Crippen LogP contribution in [0.4, 0.5) is 10.5 Å². The normalized spacial score (nSPS) is 10.8. The maximum Gasteiger partial charge on any atom is 0.322 e. The Bertz CT molecular complexity index is 1000. The van der Waals surface area contributed by atoms with Crippen molar-refractivity contribution >= 4 is 29.0 Å². The number of rotatable bonds is 9. The average molecular weight is 450 g/mol. The van der Waals surface area contributed by atoms with E-state index >= 15 is 0 Å². The van der Waals surface area contributed by atoms with E-state index in [0.29, 0.717) is 25.3 Å². The lowest BCUT2D eigenvalue weighted by molar-refractivity contribution is -0.133. The molecule has 0 aliphatic carbocycles. The van der Waals surface area contributed by atoms with E-state index in [1.807, 2.05) is 79.4 Å². The number of para-hydroxylation sites is 1. The van der Waals surface area contributed by atoms with Gasteiger partial charge in [-0.3, -0.25) is 4.79 Å². The average Bonchev–Trinajstić information content (AvgIpc) is 3.18. The van der Waals surface area contributed by atoms with Crippen LogP contribution in [0.25, 0.3) is 0 Å². The second-order valence-electron chi connectivity index (χ2n) is 8.32. The number of urea groups is 1. The molecule has 0 atom stereocenters. The molecule has 0 aliphatic heterocycles. The molecule has 6 heteroatoms. The maximum atomic E-state index is 13.4. The minimum Gasteiger partial charge on any atom is -0.332 e. The number of aryl methyl sites for hydroxylation is 1. The molecule has 168 valence electrons. The third kappa shape index (κ3) is 7.24. The van der Waals surface area contributed by atoms with Crippen molar-refractivity contribution in [2.45, 2.75) is 33.9 Å². The molecule has 0 bridgehead atoms. The molecule has 3 rings (SSSR count). The van der Waals surface area contributed by atoms with Gasteiger partial charge in [0.2, 0.25) is 5.91 Å². The second-order valence-corrected chi connectivity index (χ2v) is 9.69. The van der Waals surface area contributed by atoms with Gasteiger partial charge in [0, 0.05) is 28.5 Å². The van der Waals surface area contributed by atoms with Crippen LogP contribution >= 0.6 is 11.3 Å². The van der Waals surface area contributed by atoms with Crippen LogP contribution in [0.1, 0.15) is 29.2 Å². The Morgan fingerprint density at radius 3 is 2.12 bits per heavy atom. The summed E-state index contributed by atoms with van der Waals surface area (Å²) in [7, 11) is 0. The van der Waals surface area contributed by atoms with Crippen molar-refractivity contribution in [2.75, 3.05) is 18.4 Å². The van der Waals surface area contributed by atoms with Crippen LogP contribution in [0.2, 0.25) is 0 Å². The van der Waals surface area contributed by atoms with E-state index in [0.717, 1.165) is 10.4 Å². The van der Waals surface area contributed by atoms with Gasteiger partial charge in [-0.1, -0.05) is 62.4 Å². The number of carbonyl (C=O) groups is 2. The number of hydrogen-bond acceptors (Lipinski definition) is 3. The Kier molecular flexibility index (Phi) is 8.45. The van der Waals surface area contributed by atoms with E-state index in [1.54, 1.807) is 16.2 Å². The van der Waals surface area contributed by atoms with Crippen LogP contribution in [0.5, 0.6) is 0 Å². The topological polar surface area (TPSA) is 52.7 Å². The van der Waals surface area contributed by atoms with Crippen molar-refractivity contribution in [1.82, 2.24) is 9.80 Å². The first-order valence-corrected chi connectivity index (χ1v) is 11.7. The molecule has 32 heavy (non-hydrogen) atoms. The van der Waals surface area contributed by atoms with Gasteiger partial charge in [-0.15, -0.1) is 11.3 Å². The molecule has 2 aromatic carbocycles. The summed E-state index contributed by atoms with van der Waals surface area (Å²) in [5.74, 6) is 0.176. The summed E-state index contributed by atoms with van der Waals surface area (Å²) in [6, 6.07) is 23.2. The van der Waals surface area contributed by atoms with Gasteiger partial charge in [0.25, 0.3) is 0 Å². The number of amides is 3. The zero-order chi connectivity index (χ0) is 22.9. The molecule has 0 saturated carbocycles. The number of carbonyl (C=O) groups excluding carboxylic acids is 2. The van der Waals surface area contributed by atoms with Gasteiger partial charge in [-0.05, 0) is 42.7 Å². The van der Waals surface area contributed by atoms with Crippen molar-refractivity contribution in [3.05, 3.63) is 88.1 Å². The third-order valence-corrected chi connectivity index (χ3v) is 5.92. The van der Waals surface area contributed by atoms with E-state index < -0.39 is 0 Å². The van der Waals surface area contributed by atoms with Crippen LogP contribution in [0, 0.1) is 12.8 Å². The molecule has 3 amide bonds. The number of hydrogen-bond donors (Lipinski definition) is 1. The zero-order valence-electron chi connectivity index (χ0n) is 19.0. The van der Waals surface area contributed by atoms with Crippen LogP contribution in [-0.2, 0) is 17.9 Å². The molecule has 5 nitrogen and oxygen atoms in total. The lowest BCUT2D eigenvalue weighted by Gasteiger charge is -2.29. The van der Waals surface area contributed by atoms with Crippen molar-refractivity contribution in [1.29, 1.82) is 0 Å². The summed E-state index contributed by atoms with van der Waals surface area (Å²) in [4.78, 5) is 32.2. The lowest BCUT2D eigenvalue weighted by Crippen LogP contribution is -2.45. The highest BCUT2D eigenvalue weighted by molar-refractivity contribution is 7.11. The molecule has 1 heterocycles. The van der Waals surface area contributed by atoms with Gasteiger partial charge in [0.1, 0.15) is 6.54 Å². The van der Waals surface area contributed by atoms with Gasteiger partial charge in [-0.25, -0.2) is 4.79 Å². The first-order valence-electron chi connectivity index (χ1n) is 10.9. The summed E-state index contributed by atoms with van der Waals surface area (Å²) in [5.41, 5.74) is 1.78. The second kappa shape index (κ2) is 11.5. The summed E-state index contributed by atoms with van der Waals surface area (Å²) in [5, 5.41) is 2.91. The maximum absolute atomic E-state index is 13.4. The lowest BCUT2D eigenvalue weighted by atomic mass is 10.2. The molecule has 0 radical (unpaired) electrons. The van der Waals surface area contributed by atoms with E-state index in [1.165, 1.54) is 4.88 Å². The highest BCUT2D eigenvalue weighted by Crippen LogP contribution is 2.19. The molecule has 0 spiro atoms. The molecule has 0 fully saturated rings. The molecule has 0 saturated heterocycles. The van der Waals surface area contributed by atoms with Crippen molar-refractivity contribution in [2.24, 2.45) is 5.92 Å². The Morgan fingerprint density at radius 1 is 0.875 bits per heavy atom. The van der Waals surface area contributed by atoms with Crippen LogP contribution < -0.4 is 5.32 Å². The van der Waals surface area contributed by atoms with Gasteiger partial charge in [-0.2, -0.15) is 0 Å². The first-order chi connectivity index (χ1) is 15.4. The molecule has 0 unspecified atom stereocenters. The van der Waals surface area contributed by atoms with Crippen molar-refractivity contribution in [3.8, 4) is 0 Å². The summed E-state index contributed by atoms with van der Waals surface area (Å²) in [6.07, 6.45) is 0. The van der Waals surface area contributed by atoms with Crippen LogP contribution in [0.15, 0.2) is 72.8 Å². The molecule has 1 N–H and O–H groups in total. The van der Waals surface area contributed by atoms with Gasteiger partial charge in [0.05, 0.1) is 6.54 Å². The van der Waals surface area contributed by atoms with Crippen LogP contribution in [-0.4, -0.2) is 34.8 Å². The number of benzene rings is 2. The highest BCUT2D eigenvalue weighted by Gasteiger charge is 2.23. The quantitative estimate of drug-likeness (QED) is 0.450. The van der Waals surface area contributed by atoms with Gasteiger partial charge < -0.3 is 15.1 Å². The molecular formula is C26H31N3O2S. The minimum atomic E-state index is -0.259. The Balaban J connectivity index is 1.75. The first kappa shape index (κ1) is 23.5. The summed E-state index contributed by atoms with van der Waals surface area (Å²) in [6.45, 7) is 7.73. The Labute approximate surface area is 194 Å². The largest absolute Gasteiger partial charge is 0.332 e. The Morgan fingerprint density at radius 2 is 1.53 bits per heavy atom. The van der Waals surface area contributed by atoms with Gasteiger partial charge in [0.15, 0.2) is 0 Å². The smallest absolute Gasteiger partial charge is 0.322 e. The number of thiophene rings is 1. The molecular weight excluding hydrogens is 418 g/mol. The molecule has 0 aliphatic rings. The fourth-order valence-electron chi connectivity index (χ4n) is 3.44. The summed E-state index contributed by atoms with van der Waals surface area (Å²) < 4.78 is 0. The number of anilines is 1. The fraction of sp³-hybridized carbons (Fsp3) is 0.308. The van der Waals surface area contributed by atoms with Crippen molar-refractivity contribution in [3.63, 3.8) is 0 Å². The highest BCUT2D eigenvalue weighted by atomic mass is 32.1. The number of nitrogens with zero attached hydrogens (tertiary/aromatic N) is 2. The van der Waals surface area contributed by atoms with E-state index in [9.17, 15) is 9.59 Å². The predicted molar refractivity (Wildman–Crippen MR) is 132 cm³/mol. The Hall–Kier alpha value is -3.12. The van der Waals surface area contributed by atoms with E-state index in [4.69, 9.17) is 0 Å².